The number of benzene rings is 2. The van der Waals surface area contributed by atoms with Gasteiger partial charge in [-0.1, -0.05) is 48.5 Å². The van der Waals surface area contributed by atoms with Crippen molar-refractivity contribution in [1.82, 2.24) is 5.32 Å². The number of esters is 1. The third-order valence-electron chi connectivity index (χ3n) is 4.08. The fraction of sp³-hybridized carbons (Fsp3) is 0.238. The summed E-state index contributed by atoms with van der Waals surface area (Å²) < 4.78 is 5.08. The molecule has 6 heteroatoms. The van der Waals surface area contributed by atoms with Crippen molar-refractivity contribution in [3.8, 4) is 0 Å². The molecule has 0 saturated heterocycles. The Morgan fingerprint density at radius 2 is 1.93 bits per heavy atom. The van der Waals surface area contributed by atoms with Gasteiger partial charge in [0.05, 0.1) is 11.8 Å². The summed E-state index contributed by atoms with van der Waals surface area (Å²) in [4.78, 5) is 25.1. The quantitative estimate of drug-likeness (QED) is 0.565. The molecule has 0 aliphatic heterocycles. The Morgan fingerprint density at radius 3 is 2.74 bits per heavy atom. The van der Waals surface area contributed by atoms with Crippen molar-refractivity contribution in [2.24, 2.45) is 0 Å². The Labute approximate surface area is 166 Å². The first-order valence-electron chi connectivity index (χ1n) is 8.66. The molecular weight excluding hydrogens is 378 g/mol. The van der Waals surface area contributed by atoms with E-state index in [0.717, 1.165) is 22.1 Å². The summed E-state index contributed by atoms with van der Waals surface area (Å²) in [5, 5.41) is 7.15. The van der Waals surface area contributed by atoms with Gasteiger partial charge in [-0.25, -0.2) is 0 Å². The lowest BCUT2D eigenvalue weighted by Crippen LogP contribution is -2.31. The van der Waals surface area contributed by atoms with E-state index in [4.69, 9.17) is 4.74 Å². The predicted octanol–water partition coefficient (Wildman–Crippen LogP) is 4.56. The molecule has 4 nitrogen and oxygen atoms in total. The fourth-order valence-electron chi connectivity index (χ4n) is 2.81. The largest absolute Gasteiger partial charge is 0.455 e. The molecule has 27 heavy (non-hydrogen) atoms. The molecule has 3 aromatic rings. The van der Waals surface area contributed by atoms with E-state index < -0.39 is 0 Å². The molecule has 1 aromatic heterocycles. The third kappa shape index (κ3) is 5.58. The zero-order chi connectivity index (χ0) is 19.1. The van der Waals surface area contributed by atoms with Crippen LogP contribution in [0.25, 0.3) is 10.8 Å². The van der Waals surface area contributed by atoms with E-state index in [1.165, 1.54) is 16.6 Å². The van der Waals surface area contributed by atoms with E-state index in [1.54, 1.807) is 11.3 Å². The number of nitrogens with one attached hydrogen (secondary N) is 1. The van der Waals surface area contributed by atoms with E-state index in [1.807, 2.05) is 66.9 Å². The average molecular weight is 400 g/mol. The lowest BCUT2D eigenvalue weighted by atomic mass is 10.00. The maximum absolute atomic E-state index is 12.1. The van der Waals surface area contributed by atoms with Crippen molar-refractivity contribution >= 4 is 45.7 Å². The minimum absolute atomic E-state index is 0.171. The third-order valence-corrected chi connectivity index (χ3v) is 6.09. The Balaban J connectivity index is 1.45. The Bertz CT molecular complexity index is 903. The first-order chi connectivity index (χ1) is 13.1. The molecule has 0 radical (unpaired) electrons. The van der Waals surface area contributed by atoms with Gasteiger partial charge in [-0.05, 0) is 34.7 Å². The normalized spacial score (nSPS) is 11.9. The maximum Gasteiger partial charge on any atom is 0.316 e. The summed E-state index contributed by atoms with van der Waals surface area (Å²) in [5.41, 5.74) is 1.04. The van der Waals surface area contributed by atoms with E-state index in [2.05, 4.69) is 5.32 Å². The van der Waals surface area contributed by atoms with Crippen LogP contribution in [0, 0.1) is 0 Å². The van der Waals surface area contributed by atoms with Gasteiger partial charge in [-0.3, -0.25) is 9.59 Å². The van der Waals surface area contributed by atoms with Crippen molar-refractivity contribution in [2.75, 3.05) is 12.4 Å². The number of hydrogen-bond donors (Lipinski definition) is 1. The molecule has 0 fully saturated rings. The summed E-state index contributed by atoms with van der Waals surface area (Å²) in [6.07, 6.45) is 0. The standard InChI is InChI=1S/C21H21NO3S2/c1-15(18-10-4-7-16-6-2-3-9-19(16)18)22-20(23)12-25-21(24)14-26-13-17-8-5-11-27-17/h2-11,15H,12-14H2,1H3,(H,22,23)/t15-/m0/s1. The second kappa shape index (κ2) is 9.58. The first-order valence-corrected chi connectivity index (χ1v) is 10.7. The number of hydrogen-bond acceptors (Lipinski definition) is 5. The summed E-state index contributed by atoms with van der Waals surface area (Å²) >= 11 is 3.15. The highest BCUT2D eigenvalue weighted by Gasteiger charge is 2.14. The number of thioether (sulfide) groups is 1. The average Bonchev–Trinajstić information content (AvgIpc) is 3.19. The minimum atomic E-state index is -0.371. The van der Waals surface area contributed by atoms with Gasteiger partial charge in [0, 0.05) is 10.6 Å². The van der Waals surface area contributed by atoms with Crippen LogP contribution in [0.15, 0.2) is 60.0 Å². The molecule has 3 rings (SSSR count). The lowest BCUT2D eigenvalue weighted by Gasteiger charge is -2.16. The van der Waals surface area contributed by atoms with Crippen LogP contribution in [-0.2, 0) is 20.1 Å². The Kier molecular flexibility index (Phi) is 6.90. The fourth-order valence-corrected chi connectivity index (χ4v) is 4.47. The summed E-state index contributed by atoms with van der Waals surface area (Å²) in [6.45, 7) is 1.67. The molecule has 1 N–H and O–H groups in total. The van der Waals surface area contributed by atoms with Crippen LogP contribution in [0.5, 0.6) is 0 Å². The topological polar surface area (TPSA) is 55.4 Å². The van der Waals surface area contributed by atoms with E-state index in [0.29, 0.717) is 0 Å². The van der Waals surface area contributed by atoms with Gasteiger partial charge in [0.15, 0.2) is 6.61 Å². The van der Waals surface area contributed by atoms with Crippen molar-refractivity contribution in [3.63, 3.8) is 0 Å². The Morgan fingerprint density at radius 1 is 1.11 bits per heavy atom. The summed E-state index contributed by atoms with van der Waals surface area (Å²) in [7, 11) is 0. The van der Waals surface area contributed by atoms with E-state index >= 15 is 0 Å². The smallest absolute Gasteiger partial charge is 0.316 e. The molecule has 0 aliphatic carbocycles. The SMILES string of the molecule is C[C@H](NC(=O)COC(=O)CSCc1cccs1)c1cccc2ccccc12. The van der Waals surface area contributed by atoms with Crippen LogP contribution < -0.4 is 5.32 Å². The molecule has 0 spiro atoms. The number of rotatable bonds is 8. The highest BCUT2D eigenvalue weighted by atomic mass is 32.2. The van der Waals surface area contributed by atoms with Gasteiger partial charge in [0.25, 0.3) is 5.91 Å². The van der Waals surface area contributed by atoms with Crippen molar-refractivity contribution in [3.05, 3.63) is 70.4 Å². The molecule has 2 aromatic carbocycles. The Hall–Kier alpha value is -2.31. The maximum atomic E-state index is 12.1. The van der Waals surface area contributed by atoms with Crippen LogP contribution in [0.1, 0.15) is 23.4 Å². The number of thiophene rings is 1. The van der Waals surface area contributed by atoms with Crippen molar-refractivity contribution in [2.45, 2.75) is 18.7 Å². The van der Waals surface area contributed by atoms with Gasteiger partial charge >= 0.3 is 5.97 Å². The van der Waals surface area contributed by atoms with Crippen LogP contribution in [0.2, 0.25) is 0 Å². The van der Waals surface area contributed by atoms with E-state index in [-0.39, 0.29) is 30.3 Å². The number of carbonyl (C=O) groups excluding carboxylic acids is 2. The summed E-state index contributed by atoms with van der Waals surface area (Å²) in [5.74, 6) is 0.345. The van der Waals surface area contributed by atoms with Crippen molar-refractivity contribution in [1.29, 1.82) is 0 Å². The molecule has 1 amide bonds. The second-order valence-electron chi connectivity index (χ2n) is 6.09. The van der Waals surface area contributed by atoms with Gasteiger partial charge in [-0.15, -0.1) is 23.1 Å². The lowest BCUT2D eigenvalue weighted by molar-refractivity contribution is -0.146. The minimum Gasteiger partial charge on any atom is -0.455 e. The molecule has 0 aliphatic rings. The highest BCUT2D eigenvalue weighted by molar-refractivity contribution is 7.99. The number of fused-ring (bicyclic) bond motifs is 1. The molecule has 0 saturated carbocycles. The first kappa shape index (κ1) is 19.5. The van der Waals surface area contributed by atoms with Crippen LogP contribution in [0.4, 0.5) is 0 Å². The number of ether oxygens (including phenoxy) is 1. The molecule has 1 heterocycles. The monoisotopic (exact) mass is 399 g/mol. The van der Waals surface area contributed by atoms with Gasteiger partial charge in [0.2, 0.25) is 0 Å². The van der Waals surface area contributed by atoms with Crippen LogP contribution in [0.3, 0.4) is 0 Å². The zero-order valence-electron chi connectivity index (χ0n) is 15.0. The molecule has 0 bridgehead atoms. The van der Waals surface area contributed by atoms with Crippen LogP contribution >= 0.6 is 23.1 Å². The number of amides is 1. The molecule has 0 unspecified atom stereocenters. The highest BCUT2D eigenvalue weighted by Crippen LogP contribution is 2.24. The number of carbonyl (C=O) groups is 2. The zero-order valence-corrected chi connectivity index (χ0v) is 16.6. The van der Waals surface area contributed by atoms with E-state index in [9.17, 15) is 9.59 Å². The van der Waals surface area contributed by atoms with Crippen molar-refractivity contribution < 1.29 is 14.3 Å². The van der Waals surface area contributed by atoms with Gasteiger partial charge in [-0.2, -0.15) is 0 Å². The summed E-state index contributed by atoms with van der Waals surface area (Å²) in [6, 6.07) is 17.9. The second-order valence-corrected chi connectivity index (χ2v) is 8.11. The van der Waals surface area contributed by atoms with Gasteiger partial charge < -0.3 is 10.1 Å². The van der Waals surface area contributed by atoms with Crippen LogP contribution in [-0.4, -0.2) is 24.2 Å². The molecule has 140 valence electrons. The van der Waals surface area contributed by atoms with Gasteiger partial charge in [0.1, 0.15) is 0 Å². The molecule has 1 atom stereocenters. The molecular formula is C21H21NO3S2. The predicted molar refractivity (Wildman–Crippen MR) is 112 cm³/mol.